The van der Waals surface area contributed by atoms with Crippen molar-refractivity contribution < 1.29 is 17.9 Å². The van der Waals surface area contributed by atoms with Gasteiger partial charge >= 0.3 is 6.18 Å². The summed E-state index contributed by atoms with van der Waals surface area (Å²) in [5.41, 5.74) is 0.541. The first-order valence-electron chi connectivity index (χ1n) is 9.13. The number of rotatable bonds is 6. The number of hydrogen-bond acceptors (Lipinski definition) is 4. The van der Waals surface area contributed by atoms with Crippen LogP contribution in [0.15, 0.2) is 23.3 Å². The molecule has 0 radical (unpaired) electrons. The van der Waals surface area contributed by atoms with Crippen molar-refractivity contribution in [1.29, 1.82) is 0 Å². The summed E-state index contributed by atoms with van der Waals surface area (Å²) in [5.74, 6) is 0.589. The molecule has 1 aliphatic rings. The fourth-order valence-corrected chi connectivity index (χ4v) is 2.97. The second-order valence-electron chi connectivity index (χ2n) is 6.85. The summed E-state index contributed by atoms with van der Waals surface area (Å²) in [5, 5.41) is 6.51. The van der Waals surface area contributed by atoms with Crippen molar-refractivity contribution in [3.8, 4) is 5.88 Å². The highest BCUT2D eigenvalue weighted by Crippen LogP contribution is 2.20. The second-order valence-corrected chi connectivity index (χ2v) is 6.85. The van der Waals surface area contributed by atoms with Crippen molar-refractivity contribution in [3.05, 3.63) is 23.9 Å². The zero-order chi connectivity index (χ0) is 19.9. The van der Waals surface area contributed by atoms with Crippen molar-refractivity contribution >= 4 is 29.9 Å². The standard InChI is InChI=1S/C18H28F3N5O.HI/c1-13(2)26-9-6-15(7-10-26)25-17(22-3)24-11-14-5-4-8-23-16(14)27-12-18(19,20)21;/h4-5,8,13,15H,6-7,9-12H2,1-3H3,(H2,22,24,25);1H. The van der Waals surface area contributed by atoms with Gasteiger partial charge in [-0.1, -0.05) is 6.07 Å². The maximum absolute atomic E-state index is 12.4. The monoisotopic (exact) mass is 515 g/mol. The molecule has 1 saturated heterocycles. The number of nitrogens with zero attached hydrogens (tertiary/aromatic N) is 3. The Morgan fingerprint density at radius 2 is 2.04 bits per heavy atom. The summed E-state index contributed by atoms with van der Waals surface area (Å²) in [4.78, 5) is 10.5. The Balaban J connectivity index is 0.00000392. The average Bonchev–Trinajstić information content (AvgIpc) is 2.63. The van der Waals surface area contributed by atoms with Gasteiger partial charge in [0.2, 0.25) is 5.88 Å². The van der Waals surface area contributed by atoms with E-state index in [-0.39, 0.29) is 36.4 Å². The Morgan fingerprint density at radius 3 is 2.61 bits per heavy atom. The molecule has 1 fully saturated rings. The largest absolute Gasteiger partial charge is 0.468 e. The second kappa shape index (κ2) is 11.6. The van der Waals surface area contributed by atoms with E-state index in [2.05, 4.69) is 39.4 Å². The Morgan fingerprint density at radius 1 is 1.36 bits per heavy atom. The fraction of sp³-hybridized carbons (Fsp3) is 0.667. The lowest BCUT2D eigenvalue weighted by atomic mass is 10.0. The van der Waals surface area contributed by atoms with Gasteiger partial charge in [0.05, 0.1) is 0 Å². The topological polar surface area (TPSA) is 61.8 Å². The van der Waals surface area contributed by atoms with Crippen LogP contribution in [0.1, 0.15) is 32.3 Å². The summed E-state index contributed by atoms with van der Waals surface area (Å²) in [6, 6.07) is 4.21. The number of aromatic nitrogens is 1. The number of halogens is 4. The Bertz CT molecular complexity index is 619. The van der Waals surface area contributed by atoms with E-state index in [0.29, 0.717) is 23.6 Å². The van der Waals surface area contributed by atoms with Crippen molar-refractivity contribution in [2.24, 2.45) is 4.99 Å². The first-order chi connectivity index (χ1) is 12.8. The minimum Gasteiger partial charge on any atom is -0.468 e. The van der Waals surface area contributed by atoms with E-state index < -0.39 is 12.8 Å². The smallest absolute Gasteiger partial charge is 0.422 e. The number of ether oxygens (including phenoxy) is 1. The van der Waals surface area contributed by atoms with Crippen LogP contribution in [0.3, 0.4) is 0 Å². The lowest BCUT2D eigenvalue weighted by Gasteiger charge is -2.35. The summed E-state index contributed by atoms with van der Waals surface area (Å²) >= 11 is 0. The lowest BCUT2D eigenvalue weighted by Crippen LogP contribution is -2.49. The van der Waals surface area contributed by atoms with E-state index in [1.807, 2.05) is 0 Å². The first-order valence-corrected chi connectivity index (χ1v) is 9.13. The summed E-state index contributed by atoms with van der Waals surface area (Å²) in [6.45, 7) is 5.36. The Labute approximate surface area is 181 Å². The molecule has 2 rings (SSSR count). The van der Waals surface area contributed by atoms with Crippen LogP contribution in [0.25, 0.3) is 0 Å². The molecule has 1 aliphatic heterocycles. The zero-order valence-corrected chi connectivity index (χ0v) is 18.8. The molecule has 1 aromatic rings. The van der Waals surface area contributed by atoms with E-state index >= 15 is 0 Å². The number of hydrogen-bond donors (Lipinski definition) is 2. The average molecular weight is 515 g/mol. The molecule has 6 nitrogen and oxygen atoms in total. The molecule has 0 aliphatic carbocycles. The van der Waals surface area contributed by atoms with Crippen LogP contribution in [0, 0.1) is 0 Å². The maximum Gasteiger partial charge on any atom is 0.422 e. The molecule has 0 unspecified atom stereocenters. The number of piperidine rings is 1. The van der Waals surface area contributed by atoms with Gasteiger partial charge in [-0.3, -0.25) is 4.99 Å². The van der Waals surface area contributed by atoms with Gasteiger partial charge in [-0.05, 0) is 32.8 Å². The van der Waals surface area contributed by atoms with Crippen LogP contribution in [0.5, 0.6) is 5.88 Å². The number of alkyl halides is 3. The maximum atomic E-state index is 12.4. The van der Waals surface area contributed by atoms with Gasteiger partial charge in [-0.2, -0.15) is 13.2 Å². The molecule has 0 bridgehead atoms. The summed E-state index contributed by atoms with van der Waals surface area (Å²) < 4.78 is 41.9. The zero-order valence-electron chi connectivity index (χ0n) is 16.4. The number of aliphatic imine (C=N–C) groups is 1. The number of guanidine groups is 1. The van der Waals surface area contributed by atoms with Crippen molar-refractivity contribution in [3.63, 3.8) is 0 Å². The SMILES string of the molecule is CN=C(NCc1cccnc1OCC(F)(F)F)NC1CCN(C(C)C)CC1.I. The van der Waals surface area contributed by atoms with Gasteiger partial charge in [0.25, 0.3) is 0 Å². The first kappa shape index (κ1) is 24.7. The highest BCUT2D eigenvalue weighted by molar-refractivity contribution is 14.0. The molecule has 0 spiro atoms. The minimum absolute atomic E-state index is 0. The molecule has 0 atom stereocenters. The number of nitrogens with one attached hydrogen (secondary N) is 2. The Hall–Kier alpha value is -1.30. The molecule has 0 saturated carbocycles. The van der Waals surface area contributed by atoms with E-state index in [4.69, 9.17) is 4.74 Å². The third kappa shape index (κ3) is 8.38. The van der Waals surface area contributed by atoms with E-state index in [0.717, 1.165) is 25.9 Å². The van der Waals surface area contributed by atoms with Crippen LogP contribution in [-0.2, 0) is 6.54 Å². The van der Waals surface area contributed by atoms with E-state index in [9.17, 15) is 13.2 Å². The van der Waals surface area contributed by atoms with Gasteiger partial charge < -0.3 is 20.3 Å². The van der Waals surface area contributed by atoms with Gasteiger partial charge in [-0.15, -0.1) is 24.0 Å². The molecule has 28 heavy (non-hydrogen) atoms. The molecule has 10 heteroatoms. The van der Waals surface area contributed by atoms with Crippen molar-refractivity contribution in [1.82, 2.24) is 20.5 Å². The van der Waals surface area contributed by atoms with Crippen molar-refractivity contribution in [2.75, 3.05) is 26.7 Å². The quantitative estimate of drug-likeness (QED) is 0.347. The van der Waals surface area contributed by atoms with Gasteiger partial charge in [0.15, 0.2) is 12.6 Å². The molecule has 2 N–H and O–H groups in total. The van der Waals surface area contributed by atoms with E-state index in [1.165, 1.54) is 6.20 Å². The van der Waals surface area contributed by atoms with E-state index in [1.54, 1.807) is 19.2 Å². The van der Waals surface area contributed by atoms with Crippen LogP contribution in [0.4, 0.5) is 13.2 Å². The summed E-state index contributed by atoms with van der Waals surface area (Å²) in [7, 11) is 1.67. The third-order valence-corrected chi connectivity index (χ3v) is 4.49. The van der Waals surface area contributed by atoms with Gasteiger partial charge in [-0.25, -0.2) is 4.98 Å². The summed E-state index contributed by atoms with van der Waals surface area (Å²) in [6.07, 6.45) is -0.952. The van der Waals surface area contributed by atoms with Gasteiger partial charge in [0, 0.05) is 50.5 Å². The number of likely N-dealkylation sites (tertiary alicyclic amines) is 1. The van der Waals surface area contributed by atoms with Crippen LogP contribution >= 0.6 is 24.0 Å². The predicted molar refractivity (Wildman–Crippen MR) is 114 cm³/mol. The molecule has 1 aromatic heterocycles. The van der Waals surface area contributed by atoms with Crippen LogP contribution < -0.4 is 15.4 Å². The molecule has 160 valence electrons. The van der Waals surface area contributed by atoms with Gasteiger partial charge in [0.1, 0.15) is 0 Å². The highest BCUT2D eigenvalue weighted by atomic mass is 127. The van der Waals surface area contributed by atoms with Crippen molar-refractivity contribution in [2.45, 2.75) is 51.5 Å². The van der Waals surface area contributed by atoms with Crippen LogP contribution in [0.2, 0.25) is 0 Å². The normalized spacial score (nSPS) is 16.6. The minimum atomic E-state index is -4.40. The molecular weight excluding hydrogens is 486 g/mol. The molecule has 0 aromatic carbocycles. The predicted octanol–water partition coefficient (Wildman–Crippen LogP) is 3.18. The highest BCUT2D eigenvalue weighted by Gasteiger charge is 2.29. The third-order valence-electron chi connectivity index (χ3n) is 4.49. The molecule has 0 amide bonds. The lowest BCUT2D eigenvalue weighted by molar-refractivity contribution is -0.154. The molecular formula is C18H29F3IN5O. The molecule has 2 heterocycles. The van der Waals surface area contributed by atoms with Crippen LogP contribution in [-0.4, -0.2) is 60.8 Å². The number of pyridine rings is 1. The Kier molecular flexibility index (Phi) is 10.3. The fourth-order valence-electron chi connectivity index (χ4n) is 2.97.